The van der Waals surface area contributed by atoms with Crippen LogP contribution in [0.4, 0.5) is 0 Å². The number of para-hydroxylation sites is 2. The van der Waals surface area contributed by atoms with Crippen molar-refractivity contribution < 1.29 is 0 Å². The van der Waals surface area contributed by atoms with E-state index in [4.69, 9.17) is 4.98 Å². The van der Waals surface area contributed by atoms with Gasteiger partial charge in [-0.2, -0.15) is 0 Å². The summed E-state index contributed by atoms with van der Waals surface area (Å²) >= 11 is 0. The van der Waals surface area contributed by atoms with Gasteiger partial charge in [0.15, 0.2) is 0 Å². The molecule has 1 aromatic carbocycles. The van der Waals surface area contributed by atoms with Crippen LogP contribution < -0.4 is 0 Å². The summed E-state index contributed by atoms with van der Waals surface area (Å²) in [6.07, 6.45) is 11.8. The molecule has 21 heavy (non-hydrogen) atoms. The van der Waals surface area contributed by atoms with Crippen LogP contribution in [0.2, 0.25) is 0 Å². The highest BCUT2D eigenvalue weighted by Crippen LogP contribution is 2.18. The highest BCUT2D eigenvalue weighted by molar-refractivity contribution is 5.75. The van der Waals surface area contributed by atoms with Gasteiger partial charge in [0, 0.05) is 13.0 Å². The first kappa shape index (κ1) is 16.1. The molecule has 2 rings (SSSR count). The number of benzene rings is 1. The van der Waals surface area contributed by atoms with E-state index in [1.807, 2.05) is 0 Å². The zero-order valence-electron chi connectivity index (χ0n) is 13.8. The number of hydrogen-bond acceptors (Lipinski definition) is 1. The Morgan fingerprint density at radius 1 is 0.857 bits per heavy atom. The van der Waals surface area contributed by atoms with Gasteiger partial charge in [-0.1, -0.05) is 64.5 Å². The zero-order chi connectivity index (χ0) is 14.9. The van der Waals surface area contributed by atoms with Crippen molar-refractivity contribution in [3.8, 4) is 0 Å². The first-order valence-corrected chi connectivity index (χ1v) is 8.81. The lowest BCUT2D eigenvalue weighted by molar-refractivity contribution is 0.544. The number of unbranched alkanes of at least 4 members (excludes halogenated alkanes) is 6. The van der Waals surface area contributed by atoms with Gasteiger partial charge < -0.3 is 4.57 Å². The second-order valence-electron chi connectivity index (χ2n) is 6.04. The molecule has 0 spiro atoms. The summed E-state index contributed by atoms with van der Waals surface area (Å²) in [6.45, 7) is 5.64. The molecule has 0 saturated carbocycles. The second-order valence-corrected chi connectivity index (χ2v) is 6.04. The lowest BCUT2D eigenvalue weighted by atomic mass is 10.1. The molecule has 0 aliphatic rings. The average Bonchev–Trinajstić information content (AvgIpc) is 2.84. The molecule has 0 aliphatic carbocycles. The van der Waals surface area contributed by atoms with Crippen LogP contribution in [0.3, 0.4) is 0 Å². The van der Waals surface area contributed by atoms with Crippen molar-refractivity contribution in [2.75, 3.05) is 0 Å². The predicted molar refractivity (Wildman–Crippen MR) is 91.7 cm³/mol. The van der Waals surface area contributed by atoms with Crippen LogP contribution in [0.1, 0.15) is 71.0 Å². The normalized spacial score (nSPS) is 11.3. The fraction of sp³-hybridized carbons (Fsp3) is 0.632. The van der Waals surface area contributed by atoms with Crippen LogP contribution >= 0.6 is 0 Å². The Morgan fingerprint density at radius 2 is 1.57 bits per heavy atom. The molecule has 1 heterocycles. The van der Waals surface area contributed by atoms with E-state index in [1.54, 1.807) is 0 Å². The maximum absolute atomic E-state index is 4.80. The maximum atomic E-state index is 4.80. The maximum Gasteiger partial charge on any atom is 0.109 e. The molecule has 2 nitrogen and oxygen atoms in total. The van der Waals surface area contributed by atoms with Crippen LogP contribution in [-0.4, -0.2) is 9.55 Å². The van der Waals surface area contributed by atoms with Crippen molar-refractivity contribution in [3.63, 3.8) is 0 Å². The van der Waals surface area contributed by atoms with Gasteiger partial charge in [-0.05, 0) is 25.0 Å². The highest BCUT2D eigenvalue weighted by Gasteiger charge is 2.08. The van der Waals surface area contributed by atoms with Gasteiger partial charge in [-0.3, -0.25) is 0 Å². The van der Waals surface area contributed by atoms with E-state index in [0.717, 1.165) is 18.5 Å². The van der Waals surface area contributed by atoms with Gasteiger partial charge in [0.05, 0.1) is 11.0 Å². The minimum Gasteiger partial charge on any atom is -0.328 e. The Labute approximate surface area is 129 Å². The number of fused-ring (bicyclic) bond motifs is 1. The van der Waals surface area contributed by atoms with E-state index >= 15 is 0 Å². The van der Waals surface area contributed by atoms with Crippen molar-refractivity contribution in [1.82, 2.24) is 9.55 Å². The molecule has 0 unspecified atom stereocenters. The van der Waals surface area contributed by atoms with Crippen molar-refractivity contribution in [1.29, 1.82) is 0 Å². The molecule has 0 N–H and O–H groups in total. The highest BCUT2D eigenvalue weighted by atomic mass is 15.1. The van der Waals surface area contributed by atoms with Gasteiger partial charge in [0.1, 0.15) is 5.82 Å². The minimum absolute atomic E-state index is 1.09. The Kier molecular flexibility index (Phi) is 6.78. The molecule has 0 aliphatic heterocycles. The third-order valence-corrected chi connectivity index (χ3v) is 4.19. The lowest BCUT2D eigenvalue weighted by Gasteiger charge is -2.08. The molecule has 116 valence electrons. The van der Waals surface area contributed by atoms with Crippen LogP contribution in [0, 0.1) is 0 Å². The van der Waals surface area contributed by atoms with Crippen molar-refractivity contribution in [3.05, 3.63) is 30.1 Å². The molecule has 1 aromatic heterocycles. The number of hydrogen-bond donors (Lipinski definition) is 0. The summed E-state index contributed by atoms with van der Waals surface area (Å²) in [4.78, 5) is 4.80. The van der Waals surface area contributed by atoms with Gasteiger partial charge in [-0.15, -0.1) is 0 Å². The van der Waals surface area contributed by atoms with E-state index < -0.39 is 0 Å². The van der Waals surface area contributed by atoms with Crippen molar-refractivity contribution >= 4 is 11.0 Å². The molecule has 2 heteroatoms. The first-order valence-electron chi connectivity index (χ1n) is 8.81. The molecule has 0 saturated heterocycles. The second kappa shape index (κ2) is 8.86. The molecular formula is C19H30N2. The van der Waals surface area contributed by atoms with E-state index in [0.29, 0.717) is 0 Å². The fourth-order valence-electron chi connectivity index (χ4n) is 3.02. The quantitative estimate of drug-likeness (QED) is 0.509. The van der Waals surface area contributed by atoms with Crippen LogP contribution in [0.15, 0.2) is 24.3 Å². The number of rotatable bonds is 10. The molecule has 0 amide bonds. The van der Waals surface area contributed by atoms with Crippen molar-refractivity contribution in [2.45, 2.75) is 78.2 Å². The van der Waals surface area contributed by atoms with Gasteiger partial charge in [-0.25, -0.2) is 4.98 Å². The van der Waals surface area contributed by atoms with E-state index in [2.05, 4.69) is 42.7 Å². The van der Waals surface area contributed by atoms with Crippen LogP contribution in [0.25, 0.3) is 11.0 Å². The Bertz CT molecular complexity index is 527. The monoisotopic (exact) mass is 286 g/mol. The molecule has 0 fully saturated rings. The summed E-state index contributed by atoms with van der Waals surface area (Å²) in [5.74, 6) is 1.27. The fourth-order valence-corrected chi connectivity index (χ4v) is 3.02. The summed E-state index contributed by atoms with van der Waals surface area (Å²) in [5, 5.41) is 0. The molecule has 2 aromatic rings. The average molecular weight is 286 g/mol. The smallest absolute Gasteiger partial charge is 0.109 e. The van der Waals surface area contributed by atoms with Gasteiger partial charge in [0.25, 0.3) is 0 Å². The summed E-state index contributed by atoms with van der Waals surface area (Å²) < 4.78 is 2.45. The third kappa shape index (κ3) is 4.59. The number of imidazole rings is 1. The zero-order valence-corrected chi connectivity index (χ0v) is 13.8. The Balaban J connectivity index is 1.89. The standard InChI is InChI=1S/C19H30N2/c1-3-5-6-7-8-9-12-16-21-18-15-11-10-14-17(18)20-19(21)13-4-2/h10-11,14-15H,3-9,12-13,16H2,1-2H3. The topological polar surface area (TPSA) is 17.8 Å². The summed E-state index contributed by atoms with van der Waals surface area (Å²) in [7, 11) is 0. The van der Waals surface area contributed by atoms with E-state index in [1.165, 1.54) is 62.7 Å². The first-order chi connectivity index (χ1) is 10.4. The van der Waals surface area contributed by atoms with E-state index in [-0.39, 0.29) is 0 Å². The lowest BCUT2D eigenvalue weighted by Crippen LogP contribution is -2.04. The molecule has 0 radical (unpaired) electrons. The SMILES string of the molecule is CCCCCCCCCn1c(CCC)nc2ccccc21. The third-order valence-electron chi connectivity index (χ3n) is 4.19. The van der Waals surface area contributed by atoms with E-state index in [9.17, 15) is 0 Å². The van der Waals surface area contributed by atoms with Crippen LogP contribution in [-0.2, 0) is 13.0 Å². The molecule has 0 atom stereocenters. The van der Waals surface area contributed by atoms with Crippen LogP contribution in [0.5, 0.6) is 0 Å². The largest absolute Gasteiger partial charge is 0.328 e. The Morgan fingerprint density at radius 3 is 2.33 bits per heavy atom. The summed E-state index contributed by atoms with van der Waals surface area (Å²) in [6, 6.07) is 8.56. The van der Waals surface area contributed by atoms with Crippen molar-refractivity contribution in [2.24, 2.45) is 0 Å². The predicted octanol–water partition coefficient (Wildman–Crippen LogP) is 5.74. The number of aryl methyl sites for hydroxylation is 2. The molecular weight excluding hydrogens is 256 g/mol. The number of nitrogens with zero attached hydrogens (tertiary/aromatic N) is 2. The summed E-state index contributed by atoms with van der Waals surface area (Å²) in [5.41, 5.74) is 2.47. The molecule has 0 bridgehead atoms. The minimum atomic E-state index is 1.09. The van der Waals surface area contributed by atoms with Gasteiger partial charge >= 0.3 is 0 Å². The van der Waals surface area contributed by atoms with Gasteiger partial charge in [0.2, 0.25) is 0 Å². The number of aromatic nitrogens is 2. The Hall–Kier alpha value is -1.31.